The maximum atomic E-state index is 12.3. The van der Waals surface area contributed by atoms with Crippen LogP contribution in [0.25, 0.3) is 0 Å². The lowest BCUT2D eigenvalue weighted by molar-refractivity contribution is -0.303. The largest absolute Gasteiger partial charge is 0.455 e. The molecule has 0 amide bonds. The third-order valence-electron chi connectivity index (χ3n) is 3.74. The topological polar surface area (TPSA) is 112 Å². The highest BCUT2D eigenvalue weighted by Gasteiger charge is 2.51. The molecule has 0 unspecified atom stereocenters. The van der Waals surface area contributed by atoms with Crippen LogP contribution < -0.4 is 0 Å². The van der Waals surface area contributed by atoms with E-state index in [0.29, 0.717) is 0 Å². The summed E-state index contributed by atoms with van der Waals surface area (Å²) in [7, 11) is 1.33. The third kappa shape index (κ3) is 5.37. The van der Waals surface area contributed by atoms with Gasteiger partial charge < -0.3 is 29.2 Å². The summed E-state index contributed by atoms with van der Waals surface area (Å²) in [6.45, 7) is 9.49. The van der Waals surface area contributed by atoms with E-state index in [1.165, 1.54) is 7.11 Å². The average molecular weight is 362 g/mol. The summed E-state index contributed by atoms with van der Waals surface area (Å²) in [5, 5.41) is 19.8. The fourth-order valence-corrected chi connectivity index (χ4v) is 2.09. The van der Waals surface area contributed by atoms with Gasteiger partial charge in [-0.25, -0.2) is 0 Å². The van der Waals surface area contributed by atoms with Crippen molar-refractivity contribution in [1.29, 1.82) is 0 Å². The van der Waals surface area contributed by atoms with Crippen LogP contribution in [0.5, 0.6) is 0 Å². The highest BCUT2D eigenvalue weighted by Crippen LogP contribution is 2.30. The van der Waals surface area contributed by atoms with Gasteiger partial charge in [0.2, 0.25) is 0 Å². The molecule has 0 aliphatic carbocycles. The second-order valence-corrected chi connectivity index (χ2v) is 8.19. The first-order chi connectivity index (χ1) is 11.3. The summed E-state index contributed by atoms with van der Waals surface area (Å²) in [6, 6.07) is 0. The normalized spacial score (nSPS) is 30.7. The van der Waals surface area contributed by atoms with E-state index >= 15 is 0 Å². The van der Waals surface area contributed by atoms with Crippen molar-refractivity contribution in [2.45, 2.75) is 72.2 Å². The Balaban J connectivity index is 3.14. The molecule has 0 radical (unpaired) electrons. The van der Waals surface area contributed by atoms with Crippen molar-refractivity contribution in [2.24, 2.45) is 10.8 Å². The second kappa shape index (κ2) is 7.99. The number of esters is 2. The van der Waals surface area contributed by atoms with Crippen LogP contribution in [0.3, 0.4) is 0 Å². The molecule has 5 atom stereocenters. The summed E-state index contributed by atoms with van der Waals surface area (Å²) in [5.74, 6) is -1.14. The van der Waals surface area contributed by atoms with Gasteiger partial charge in [0.05, 0.1) is 17.4 Å². The molecule has 0 aromatic carbocycles. The molecule has 0 aromatic heterocycles. The lowest BCUT2D eigenvalue weighted by Crippen LogP contribution is -2.62. The van der Waals surface area contributed by atoms with Crippen molar-refractivity contribution in [3.8, 4) is 0 Å². The molecule has 1 saturated heterocycles. The second-order valence-electron chi connectivity index (χ2n) is 8.19. The molecule has 1 aliphatic rings. The van der Waals surface area contributed by atoms with Gasteiger partial charge in [0, 0.05) is 7.11 Å². The Morgan fingerprint density at radius 1 is 0.960 bits per heavy atom. The fraction of sp³-hybridized carbons (Fsp3) is 0.882. The Bertz CT molecular complexity index is 476. The van der Waals surface area contributed by atoms with Crippen LogP contribution >= 0.6 is 0 Å². The fourth-order valence-electron chi connectivity index (χ4n) is 2.09. The zero-order valence-electron chi connectivity index (χ0n) is 15.9. The van der Waals surface area contributed by atoms with Crippen molar-refractivity contribution < 1.29 is 38.7 Å². The summed E-state index contributed by atoms with van der Waals surface area (Å²) in [4.78, 5) is 24.6. The summed E-state index contributed by atoms with van der Waals surface area (Å²) in [5.41, 5.74) is -1.64. The highest BCUT2D eigenvalue weighted by atomic mass is 16.7. The molecule has 1 rings (SSSR count). The standard InChI is InChI=1S/C17H30O8/c1-16(2,3)14(20)24-11-10(19)9(8-18)23-13(22-7)12(11)25-15(21)17(4,5)6/h9-13,18-19H,8H2,1-7H3/t9-,10-,11+,12-,13+/m1/s1. The first-order valence-corrected chi connectivity index (χ1v) is 8.22. The van der Waals surface area contributed by atoms with E-state index in [0.717, 1.165) is 0 Å². The third-order valence-corrected chi connectivity index (χ3v) is 3.74. The van der Waals surface area contributed by atoms with E-state index in [4.69, 9.17) is 18.9 Å². The van der Waals surface area contributed by atoms with E-state index in [1.807, 2.05) is 0 Å². The van der Waals surface area contributed by atoms with E-state index in [9.17, 15) is 19.8 Å². The van der Waals surface area contributed by atoms with Crippen LogP contribution in [-0.2, 0) is 28.5 Å². The van der Waals surface area contributed by atoms with Crippen LogP contribution in [-0.4, -0.2) is 66.6 Å². The Labute approximate surface area is 148 Å². The number of hydrogen-bond acceptors (Lipinski definition) is 8. The number of ether oxygens (including phenoxy) is 4. The molecular formula is C17H30O8. The number of carbonyl (C=O) groups is 2. The van der Waals surface area contributed by atoms with Gasteiger partial charge in [-0.2, -0.15) is 0 Å². The first-order valence-electron chi connectivity index (χ1n) is 8.22. The molecule has 146 valence electrons. The quantitative estimate of drug-likeness (QED) is 0.701. The van der Waals surface area contributed by atoms with Crippen molar-refractivity contribution >= 4 is 11.9 Å². The Morgan fingerprint density at radius 2 is 1.40 bits per heavy atom. The summed E-state index contributed by atoms with van der Waals surface area (Å²) in [6.07, 6.45) is -5.90. The zero-order chi connectivity index (χ0) is 19.6. The van der Waals surface area contributed by atoms with Crippen LogP contribution in [0.1, 0.15) is 41.5 Å². The van der Waals surface area contributed by atoms with Crippen LogP contribution in [0.15, 0.2) is 0 Å². The predicted molar refractivity (Wildman–Crippen MR) is 87.4 cm³/mol. The van der Waals surface area contributed by atoms with Gasteiger partial charge in [-0.15, -0.1) is 0 Å². The van der Waals surface area contributed by atoms with Gasteiger partial charge in [0.15, 0.2) is 18.5 Å². The lowest BCUT2D eigenvalue weighted by Gasteiger charge is -2.43. The smallest absolute Gasteiger partial charge is 0.311 e. The van der Waals surface area contributed by atoms with E-state index in [2.05, 4.69) is 0 Å². The molecule has 8 nitrogen and oxygen atoms in total. The number of methoxy groups -OCH3 is 1. The molecule has 0 aromatic rings. The van der Waals surface area contributed by atoms with Crippen LogP contribution in [0.4, 0.5) is 0 Å². The average Bonchev–Trinajstić information content (AvgIpc) is 2.48. The molecule has 0 bridgehead atoms. The number of aliphatic hydroxyl groups excluding tert-OH is 2. The molecule has 2 N–H and O–H groups in total. The predicted octanol–water partition coefficient (Wildman–Crippen LogP) is 0.627. The minimum Gasteiger partial charge on any atom is -0.455 e. The summed E-state index contributed by atoms with van der Waals surface area (Å²) < 4.78 is 21.5. The van der Waals surface area contributed by atoms with Gasteiger partial charge in [-0.05, 0) is 41.5 Å². The SMILES string of the molecule is CO[C@H]1O[C@H](CO)[C@@H](O)[C@H](OC(=O)C(C)(C)C)[C@H]1OC(=O)C(C)(C)C. The Hall–Kier alpha value is -1.22. The van der Waals surface area contributed by atoms with Crippen molar-refractivity contribution in [2.75, 3.05) is 13.7 Å². The van der Waals surface area contributed by atoms with Gasteiger partial charge in [0.25, 0.3) is 0 Å². The minimum absolute atomic E-state index is 0.509. The van der Waals surface area contributed by atoms with Crippen LogP contribution in [0, 0.1) is 10.8 Å². The van der Waals surface area contributed by atoms with Crippen molar-refractivity contribution in [3.05, 3.63) is 0 Å². The van der Waals surface area contributed by atoms with Crippen molar-refractivity contribution in [3.63, 3.8) is 0 Å². The molecule has 0 spiro atoms. The van der Waals surface area contributed by atoms with Crippen LogP contribution in [0.2, 0.25) is 0 Å². The first kappa shape index (κ1) is 21.8. The van der Waals surface area contributed by atoms with Gasteiger partial charge in [-0.3, -0.25) is 9.59 Å². The Morgan fingerprint density at radius 3 is 1.76 bits per heavy atom. The molecule has 1 heterocycles. The van der Waals surface area contributed by atoms with Gasteiger partial charge in [-0.1, -0.05) is 0 Å². The lowest BCUT2D eigenvalue weighted by atomic mass is 9.94. The maximum absolute atomic E-state index is 12.3. The molecular weight excluding hydrogens is 332 g/mol. The molecule has 1 aliphatic heterocycles. The molecule has 8 heteroatoms. The van der Waals surface area contributed by atoms with Gasteiger partial charge in [0.1, 0.15) is 12.2 Å². The maximum Gasteiger partial charge on any atom is 0.311 e. The highest BCUT2D eigenvalue weighted by molar-refractivity contribution is 5.76. The Kier molecular flexibility index (Phi) is 6.97. The van der Waals surface area contributed by atoms with Gasteiger partial charge >= 0.3 is 11.9 Å². The number of hydrogen-bond donors (Lipinski definition) is 2. The summed E-state index contributed by atoms with van der Waals surface area (Å²) >= 11 is 0. The van der Waals surface area contributed by atoms with E-state index in [1.54, 1.807) is 41.5 Å². The molecule has 0 saturated carbocycles. The van der Waals surface area contributed by atoms with E-state index in [-0.39, 0.29) is 0 Å². The zero-order valence-corrected chi connectivity index (χ0v) is 15.9. The number of rotatable bonds is 4. The molecule has 1 fully saturated rings. The number of aliphatic hydroxyl groups is 2. The van der Waals surface area contributed by atoms with E-state index < -0.39 is 60.1 Å². The monoisotopic (exact) mass is 362 g/mol. The van der Waals surface area contributed by atoms with Crippen molar-refractivity contribution in [1.82, 2.24) is 0 Å². The minimum atomic E-state index is -1.37. The number of carbonyl (C=O) groups excluding carboxylic acids is 2. The molecule has 25 heavy (non-hydrogen) atoms.